The van der Waals surface area contributed by atoms with Crippen LogP contribution in [0.1, 0.15) is 32.6 Å². The van der Waals surface area contributed by atoms with E-state index in [1.54, 1.807) is 0 Å². The molecule has 4 heteroatoms. The molecule has 1 saturated heterocycles. The summed E-state index contributed by atoms with van der Waals surface area (Å²) in [6.45, 7) is 5.01. The molecule has 3 nitrogen and oxygen atoms in total. The Bertz CT molecular complexity index is 205. The Labute approximate surface area is 103 Å². The molecular formula is C12H22ClNO2. The molecule has 1 aliphatic heterocycles. The number of carbonyl (C=O) groups is 1. The Morgan fingerprint density at radius 2 is 2.31 bits per heavy atom. The van der Waals surface area contributed by atoms with Crippen molar-refractivity contribution >= 4 is 17.5 Å². The number of unbranched alkanes of at least 4 members (excludes halogenated alkanes) is 1. The van der Waals surface area contributed by atoms with Gasteiger partial charge in [0.15, 0.2) is 0 Å². The third kappa shape index (κ3) is 4.30. The van der Waals surface area contributed by atoms with Crippen molar-refractivity contribution < 1.29 is 9.53 Å². The van der Waals surface area contributed by atoms with Gasteiger partial charge in [-0.2, -0.15) is 0 Å². The van der Waals surface area contributed by atoms with Crippen molar-refractivity contribution in [2.75, 3.05) is 32.2 Å². The first-order valence-electron chi connectivity index (χ1n) is 6.22. The summed E-state index contributed by atoms with van der Waals surface area (Å²) in [6, 6.07) is 0. The zero-order valence-electron chi connectivity index (χ0n) is 10.1. The van der Waals surface area contributed by atoms with E-state index in [-0.39, 0.29) is 11.8 Å². The lowest BCUT2D eigenvalue weighted by molar-refractivity contribution is -0.139. The highest BCUT2D eigenvalue weighted by atomic mass is 35.5. The highest BCUT2D eigenvalue weighted by Gasteiger charge is 2.25. The summed E-state index contributed by atoms with van der Waals surface area (Å²) in [5.74, 6) is 0.811. The Morgan fingerprint density at radius 1 is 1.50 bits per heavy atom. The minimum absolute atomic E-state index is 0.0637. The second-order valence-corrected chi connectivity index (χ2v) is 4.66. The van der Waals surface area contributed by atoms with Gasteiger partial charge >= 0.3 is 0 Å². The van der Waals surface area contributed by atoms with Crippen molar-refractivity contribution in [3.05, 3.63) is 0 Å². The van der Waals surface area contributed by atoms with Crippen LogP contribution in [0.4, 0.5) is 0 Å². The number of carbonyl (C=O) groups excluding carboxylic acids is 1. The standard InChI is InChI=1S/C12H22ClNO2/c1-2-3-7-14(8-6-13)12(15)11-5-4-9-16-10-11/h11H,2-10H2,1H3. The zero-order valence-corrected chi connectivity index (χ0v) is 10.8. The molecule has 0 aliphatic carbocycles. The van der Waals surface area contributed by atoms with Gasteiger partial charge in [0.05, 0.1) is 12.5 Å². The third-order valence-corrected chi connectivity index (χ3v) is 3.13. The van der Waals surface area contributed by atoms with Crippen LogP contribution in [0.15, 0.2) is 0 Å². The topological polar surface area (TPSA) is 29.5 Å². The molecule has 0 bridgehead atoms. The van der Waals surface area contributed by atoms with E-state index in [2.05, 4.69) is 6.92 Å². The van der Waals surface area contributed by atoms with E-state index in [9.17, 15) is 4.79 Å². The van der Waals surface area contributed by atoms with Crippen LogP contribution in [0.2, 0.25) is 0 Å². The number of hydrogen-bond donors (Lipinski definition) is 0. The summed E-state index contributed by atoms with van der Waals surface area (Å²) in [4.78, 5) is 14.1. The normalized spacial score (nSPS) is 20.8. The summed E-state index contributed by atoms with van der Waals surface area (Å²) in [7, 11) is 0. The molecule has 1 rings (SSSR count). The first kappa shape index (κ1) is 13.8. The molecule has 1 unspecified atom stereocenters. The van der Waals surface area contributed by atoms with Gasteiger partial charge in [-0.25, -0.2) is 0 Å². The minimum Gasteiger partial charge on any atom is -0.381 e. The molecule has 0 radical (unpaired) electrons. The van der Waals surface area contributed by atoms with Crippen LogP contribution in [0, 0.1) is 5.92 Å². The fourth-order valence-corrected chi connectivity index (χ4v) is 2.18. The number of nitrogens with zero attached hydrogens (tertiary/aromatic N) is 1. The average Bonchev–Trinajstić information content (AvgIpc) is 2.35. The maximum Gasteiger partial charge on any atom is 0.228 e. The van der Waals surface area contributed by atoms with Gasteiger partial charge in [0, 0.05) is 25.6 Å². The summed E-state index contributed by atoms with van der Waals surface area (Å²) in [6.07, 6.45) is 4.12. The van der Waals surface area contributed by atoms with Crippen LogP contribution in [-0.2, 0) is 9.53 Å². The van der Waals surface area contributed by atoms with Crippen LogP contribution in [0.5, 0.6) is 0 Å². The molecule has 1 amide bonds. The molecule has 16 heavy (non-hydrogen) atoms. The van der Waals surface area contributed by atoms with Crippen LogP contribution in [-0.4, -0.2) is 43.0 Å². The monoisotopic (exact) mass is 247 g/mol. The molecule has 0 saturated carbocycles. The van der Waals surface area contributed by atoms with E-state index >= 15 is 0 Å². The van der Waals surface area contributed by atoms with Gasteiger partial charge in [-0.3, -0.25) is 4.79 Å². The van der Waals surface area contributed by atoms with Crippen molar-refractivity contribution in [1.29, 1.82) is 0 Å². The van der Waals surface area contributed by atoms with Gasteiger partial charge in [0.25, 0.3) is 0 Å². The van der Waals surface area contributed by atoms with Crippen LogP contribution < -0.4 is 0 Å². The molecule has 0 aromatic rings. The summed E-state index contributed by atoms with van der Waals surface area (Å²) in [5, 5.41) is 0. The second kappa shape index (κ2) is 7.91. The van der Waals surface area contributed by atoms with Crippen LogP contribution >= 0.6 is 11.6 Å². The quantitative estimate of drug-likeness (QED) is 0.674. The van der Waals surface area contributed by atoms with Crippen LogP contribution in [0.3, 0.4) is 0 Å². The number of ether oxygens (including phenoxy) is 1. The predicted molar refractivity (Wildman–Crippen MR) is 65.8 cm³/mol. The number of hydrogen-bond acceptors (Lipinski definition) is 2. The predicted octanol–water partition coefficient (Wildman–Crippen LogP) is 2.28. The van der Waals surface area contributed by atoms with Crippen molar-refractivity contribution in [1.82, 2.24) is 4.90 Å². The SMILES string of the molecule is CCCCN(CCCl)C(=O)C1CCCOC1. The molecule has 1 aliphatic rings. The summed E-state index contributed by atoms with van der Waals surface area (Å²) in [5.41, 5.74) is 0. The van der Waals surface area contributed by atoms with E-state index in [0.717, 1.165) is 38.8 Å². The molecule has 0 aromatic heterocycles. The highest BCUT2D eigenvalue weighted by molar-refractivity contribution is 6.18. The molecule has 0 N–H and O–H groups in total. The smallest absolute Gasteiger partial charge is 0.228 e. The number of rotatable bonds is 6. The molecule has 1 fully saturated rings. The minimum atomic E-state index is 0.0637. The number of alkyl halides is 1. The largest absolute Gasteiger partial charge is 0.381 e. The Kier molecular flexibility index (Phi) is 6.81. The van der Waals surface area contributed by atoms with Crippen molar-refractivity contribution in [3.8, 4) is 0 Å². The van der Waals surface area contributed by atoms with Gasteiger partial charge in [0.1, 0.15) is 0 Å². The van der Waals surface area contributed by atoms with Gasteiger partial charge < -0.3 is 9.64 Å². The third-order valence-electron chi connectivity index (χ3n) is 2.96. The fourth-order valence-electron chi connectivity index (χ4n) is 1.98. The van der Waals surface area contributed by atoms with Gasteiger partial charge in [-0.1, -0.05) is 13.3 Å². The Hall–Kier alpha value is -0.280. The van der Waals surface area contributed by atoms with Gasteiger partial charge in [0.2, 0.25) is 5.91 Å². The van der Waals surface area contributed by atoms with Crippen molar-refractivity contribution in [3.63, 3.8) is 0 Å². The summed E-state index contributed by atoms with van der Waals surface area (Å²) < 4.78 is 5.36. The Morgan fingerprint density at radius 3 is 2.88 bits per heavy atom. The zero-order chi connectivity index (χ0) is 11.8. The number of halogens is 1. The molecule has 0 spiro atoms. The highest BCUT2D eigenvalue weighted by Crippen LogP contribution is 2.16. The first-order valence-corrected chi connectivity index (χ1v) is 6.75. The van der Waals surface area contributed by atoms with Crippen LogP contribution in [0.25, 0.3) is 0 Å². The average molecular weight is 248 g/mol. The van der Waals surface area contributed by atoms with E-state index in [0.29, 0.717) is 19.0 Å². The van der Waals surface area contributed by atoms with E-state index < -0.39 is 0 Å². The van der Waals surface area contributed by atoms with Gasteiger partial charge in [-0.05, 0) is 19.3 Å². The molecule has 1 heterocycles. The fraction of sp³-hybridized carbons (Fsp3) is 0.917. The van der Waals surface area contributed by atoms with E-state index in [1.807, 2.05) is 4.90 Å². The molecule has 1 atom stereocenters. The Balaban J connectivity index is 2.44. The lowest BCUT2D eigenvalue weighted by Gasteiger charge is -2.28. The molecular weight excluding hydrogens is 226 g/mol. The maximum atomic E-state index is 12.2. The lowest BCUT2D eigenvalue weighted by Crippen LogP contribution is -2.41. The van der Waals surface area contributed by atoms with Crippen molar-refractivity contribution in [2.24, 2.45) is 5.92 Å². The second-order valence-electron chi connectivity index (χ2n) is 4.28. The summed E-state index contributed by atoms with van der Waals surface area (Å²) >= 11 is 5.73. The van der Waals surface area contributed by atoms with Gasteiger partial charge in [-0.15, -0.1) is 11.6 Å². The lowest BCUT2D eigenvalue weighted by atomic mass is 10.0. The van der Waals surface area contributed by atoms with E-state index in [4.69, 9.17) is 16.3 Å². The molecule has 94 valence electrons. The molecule has 0 aromatic carbocycles. The number of amides is 1. The van der Waals surface area contributed by atoms with E-state index in [1.165, 1.54) is 0 Å². The first-order chi connectivity index (χ1) is 7.79. The maximum absolute atomic E-state index is 12.2. The van der Waals surface area contributed by atoms with Crippen molar-refractivity contribution in [2.45, 2.75) is 32.6 Å².